The Morgan fingerprint density at radius 2 is 2.00 bits per heavy atom. The van der Waals surface area contributed by atoms with Crippen LogP contribution in [0.5, 0.6) is 0 Å². The summed E-state index contributed by atoms with van der Waals surface area (Å²) in [6.45, 7) is 6.51. The zero-order chi connectivity index (χ0) is 16.4. The molecule has 0 saturated carbocycles. The van der Waals surface area contributed by atoms with Crippen molar-refractivity contribution in [1.29, 1.82) is 0 Å². The average Bonchev–Trinajstić information content (AvgIpc) is 2.33. The van der Waals surface area contributed by atoms with Crippen LogP contribution in [0.3, 0.4) is 0 Å². The van der Waals surface area contributed by atoms with Gasteiger partial charge < -0.3 is 15.3 Å². The van der Waals surface area contributed by atoms with Crippen molar-refractivity contribution in [1.82, 2.24) is 0 Å². The summed E-state index contributed by atoms with van der Waals surface area (Å²) in [6, 6.07) is 0. The summed E-state index contributed by atoms with van der Waals surface area (Å²) in [7, 11) is 0. The van der Waals surface area contributed by atoms with E-state index in [4.69, 9.17) is 5.11 Å². The van der Waals surface area contributed by atoms with E-state index >= 15 is 0 Å². The molecule has 3 nitrogen and oxygen atoms in total. The van der Waals surface area contributed by atoms with Crippen LogP contribution in [0, 0.1) is 5.41 Å². The van der Waals surface area contributed by atoms with Gasteiger partial charge >= 0.3 is 0 Å². The van der Waals surface area contributed by atoms with Crippen LogP contribution in [0.25, 0.3) is 0 Å². The quantitative estimate of drug-likeness (QED) is 0.552. The number of hydrogen-bond donors (Lipinski definition) is 3. The van der Waals surface area contributed by atoms with Crippen LogP contribution < -0.4 is 0 Å². The van der Waals surface area contributed by atoms with E-state index in [1.165, 1.54) is 13.0 Å². The van der Waals surface area contributed by atoms with Crippen LogP contribution in [0.1, 0.15) is 34.1 Å². The molecule has 0 aromatic heterocycles. The van der Waals surface area contributed by atoms with Crippen LogP contribution >= 0.6 is 0 Å². The van der Waals surface area contributed by atoms with Gasteiger partial charge in [-0.25, -0.2) is 8.78 Å². The maximum absolute atomic E-state index is 13.1. The van der Waals surface area contributed by atoms with E-state index in [2.05, 4.69) is 0 Å². The Morgan fingerprint density at radius 3 is 2.48 bits per heavy atom. The van der Waals surface area contributed by atoms with Gasteiger partial charge in [-0.3, -0.25) is 0 Å². The molecule has 2 unspecified atom stereocenters. The summed E-state index contributed by atoms with van der Waals surface area (Å²) in [4.78, 5) is 0. The molecule has 2 atom stereocenters. The van der Waals surface area contributed by atoms with Gasteiger partial charge in [0.2, 0.25) is 0 Å². The molecule has 0 spiro atoms. The Balaban J connectivity index is 3.36. The minimum absolute atomic E-state index is 0.0492. The Bertz CT molecular complexity index is 478. The molecule has 1 aliphatic carbocycles. The first kappa shape index (κ1) is 18.0. The molecule has 3 N–H and O–H groups in total. The zero-order valence-electron chi connectivity index (χ0n) is 12.9. The second-order valence-electron chi connectivity index (χ2n) is 6.22. The van der Waals surface area contributed by atoms with Gasteiger partial charge in [-0.05, 0) is 31.9 Å². The molecule has 0 amide bonds. The Hall–Kier alpha value is -1.04. The largest absolute Gasteiger partial charge is 0.392 e. The molecule has 0 saturated heterocycles. The second-order valence-corrected chi connectivity index (χ2v) is 6.22. The molecule has 0 radical (unpaired) electrons. The molecule has 0 fully saturated rings. The smallest absolute Gasteiger partial charge is 0.262 e. The molecule has 21 heavy (non-hydrogen) atoms. The van der Waals surface area contributed by atoms with Gasteiger partial charge in [-0.15, -0.1) is 0 Å². The van der Waals surface area contributed by atoms with Gasteiger partial charge in [-0.1, -0.05) is 31.6 Å². The highest BCUT2D eigenvalue weighted by Gasteiger charge is 2.50. The van der Waals surface area contributed by atoms with Crippen molar-refractivity contribution in [3.8, 4) is 0 Å². The number of hydrogen-bond acceptors (Lipinski definition) is 3. The van der Waals surface area contributed by atoms with Gasteiger partial charge in [-0.2, -0.15) is 0 Å². The molecule has 0 heterocycles. The summed E-state index contributed by atoms with van der Waals surface area (Å²) in [6.07, 6.45) is 0.624. The lowest BCUT2D eigenvalue weighted by Crippen LogP contribution is -2.51. The van der Waals surface area contributed by atoms with Gasteiger partial charge in [0.1, 0.15) is 5.60 Å². The molecular weight excluding hydrogens is 278 g/mol. The van der Waals surface area contributed by atoms with Gasteiger partial charge in [0.05, 0.1) is 12.7 Å². The highest BCUT2D eigenvalue weighted by molar-refractivity contribution is 5.39. The van der Waals surface area contributed by atoms with Crippen molar-refractivity contribution in [2.45, 2.75) is 52.2 Å². The molecule has 5 heteroatoms. The zero-order valence-corrected chi connectivity index (χ0v) is 12.9. The van der Waals surface area contributed by atoms with E-state index in [-0.39, 0.29) is 18.6 Å². The third kappa shape index (κ3) is 3.42. The van der Waals surface area contributed by atoms with Crippen molar-refractivity contribution in [3.63, 3.8) is 0 Å². The van der Waals surface area contributed by atoms with E-state index in [0.717, 1.165) is 5.57 Å². The third-order valence-corrected chi connectivity index (χ3v) is 4.33. The normalized spacial score (nSPS) is 30.6. The van der Waals surface area contributed by atoms with Crippen molar-refractivity contribution < 1.29 is 24.1 Å². The Labute approximate surface area is 124 Å². The first-order valence-electron chi connectivity index (χ1n) is 6.93. The van der Waals surface area contributed by atoms with Crippen molar-refractivity contribution >= 4 is 0 Å². The fourth-order valence-corrected chi connectivity index (χ4v) is 2.85. The molecule has 120 valence electrons. The minimum Gasteiger partial charge on any atom is -0.392 e. The highest BCUT2D eigenvalue weighted by atomic mass is 19.3. The average molecular weight is 302 g/mol. The number of allylic oxidation sites excluding steroid dienone is 2. The van der Waals surface area contributed by atoms with Gasteiger partial charge in [0, 0.05) is 11.0 Å². The molecule has 1 rings (SSSR count). The molecule has 0 aliphatic heterocycles. The minimum atomic E-state index is -2.80. The maximum atomic E-state index is 13.1. The highest BCUT2D eigenvalue weighted by Crippen LogP contribution is 2.48. The summed E-state index contributed by atoms with van der Waals surface area (Å²) < 4.78 is 26.3. The van der Waals surface area contributed by atoms with Crippen molar-refractivity contribution in [2.75, 3.05) is 6.61 Å². The monoisotopic (exact) mass is 302 g/mol. The molecular formula is C16H24F2O3. The van der Waals surface area contributed by atoms with E-state index in [1.54, 1.807) is 32.9 Å². The maximum Gasteiger partial charge on any atom is 0.262 e. The lowest BCUT2D eigenvalue weighted by molar-refractivity contribution is -0.0427. The lowest BCUT2D eigenvalue weighted by Gasteiger charge is -2.48. The van der Waals surface area contributed by atoms with Crippen LogP contribution in [-0.2, 0) is 0 Å². The first-order chi connectivity index (χ1) is 9.56. The Kier molecular flexibility index (Phi) is 5.47. The van der Waals surface area contributed by atoms with Crippen molar-refractivity contribution in [3.05, 3.63) is 34.9 Å². The van der Waals surface area contributed by atoms with Gasteiger partial charge in [0.15, 0.2) is 0 Å². The van der Waals surface area contributed by atoms with E-state index in [9.17, 15) is 19.0 Å². The summed E-state index contributed by atoms with van der Waals surface area (Å²) in [5.41, 5.74) is -1.94. The standard InChI is InChI=1S/C16H24F2O3/c1-10(6-8-19)5-7-16(21)11(2)13(14(17)18)12(20)9-15(16,3)4/h5-7,12,14,19-21H,8-9H2,1-4H3/b7-5+,10-6-. The molecule has 0 aromatic carbocycles. The van der Waals surface area contributed by atoms with Crippen LogP contribution in [0.15, 0.2) is 34.9 Å². The second kappa shape index (κ2) is 6.38. The number of rotatable bonds is 4. The van der Waals surface area contributed by atoms with Gasteiger partial charge in [0.25, 0.3) is 6.43 Å². The predicted molar refractivity (Wildman–Crippen MR) is 78.0 cm³/mol. The first-order valence-corrected chi connectivity index (χ1v) is 6.93. The van der Waals surface area contributed by atoms with E-state index in [1.807, 2.05) is 0 Å². The van der Waals surface area contributed by atoms with Crippen LogP contribution in [0.2, 0.25) is 0 Å². The summed E-state index contributed by atoms with van der Waals surface area (Å²) in [5, 5.41) is 29.7. The molecule has 1 aliphatic rings. The topological polar surface area (TPSA) is 60.7 Å². The number of halogens is 2. The fraction of sp³-hybridized carbons (Fsp3) is 0.625. The van der Waals surface area contributed by atoms with E-state index in [0.29, 0.717) is 0 Å². The third-order valence-electron chi connectivity index (χ3n) is 4.33. The van der Waals surface area contributed by atoms with Crippen molar-refractivity contribution in [2.24, 2.45) is 5.41 Å². The predicted octanol–water partition coefficient (Wildman–Crippen LogP) is 2.58. The SMILES string of the molecule is CC1=C(C(F)F)C(O)CC(C)(C)C1(O)/C=C/C(C)=C\CO. The number of aliphatic hydroxyl groups excluding tert-OH is 2. The molecule has 0 aromatic rings. The van der Waals surface area contributed by atoms with E-state index < -0.39 is 29.1 Å². The molecule has 0 bridgehead atoms. The number of aliphatic hydroxyl groups is 3. The lowest BCUT2D eigenvalue weighted by atomic mass is 9.62. The fourth-order valence-electron chi connectivity index (χ4n) is 2.85. The van der Waals surface area contributed by atoms with Crippen LogP contribution in [0.4, 0.5) is 8.78 Å². The Morgan fingerprint density at radius 1 is 1.43 bits per heavy atom. The summed E-state index contributed by atoms with van der Waals surface area (Å²) in [5.74, 6) is 0. The van der Waals surface area contributed by atoms with Crippen LogP contribution in [-0.4, -0.2) is 40.1 Å². The number of alkyl halides is 2. The summed E-state index contributed by atoms with van der Waals surface area (Å²) >= 11 is 0.